The predicted molar refractivity (Wildman–Crippen MR) is 103 cm³/mol. The fourth-order valence-corrected chi connectivity index (χ4v) is 3.67. The molecule has 0 saturated carbocycles. The molecule has 1 saturated heterocycles. The maximum absolute atomic E-state index is 9.73. The summed E-state index contributed by atoms with van der Waals surface area (Å²) >= 11 is 0. The number of pyridine rings is 1. The Morgan fingerprint density at radius 3 is 2.50 bits per heavy atom. The number of ether oxygens (including phenoxy) is 1. The topological polar surface area (TPSA) is 58.0 Å². The summed E-state index contributed by atoms with van der Waals surface area (Å²) in [6.45, 7) is 8.31. The summed E-state index contributed by atoms with van der Waals surface area (Å²) in [5.41, 5.74) is 1.96. The van der Waals surface area contributed by atoms with Gasteiger partial charge >= 0.3 is 0 Å². The van der Waals surface area contributed by atoms with Gasteiger partial charge in [0.05, 0.1) is 5.56 Å². The standard InChI is InChI=1S/C21H27N3O2/c1-4-17-7-9-18(10-8-17)26-21-19(6-5-11-22-21)20(23-25)24-13-15(2)12-16(3)14-24/h5-11,15-16,25H,4,12-14H2,1-3H3/b23-20-. The first-order valence-electron chi connectivity index (χ1n) is 9.29. The summed E-state index contributed by atoms with van der Waals surface area (Å²) in [5.74, 6) is 2.81. The van der Waals surface area contributed by atoms with Gasteiger partial charge < -0.3 is 14.8 Å². The van der Waals surface area contributed by atoms with Gasteiger partial charge in [-0.25, -0.2) is 4.98 Å². The Morgan fingerprint density at radius 2 is 1.88 bits per heavy atom. The van der Waals surface area contributed by atoms with Crippen molar-refractivity contribution in [1.82, 2.24) is 9.88 Å². The van der Waals surface area contributed by atoms with E-state index in [2.05, 4.69) is 35.8 Å². The smallest absolute Gasteiger partial charge is 0.230 e. The molecule has 1 aromatic carbocycles. The fourth-order valence-electron chi connectivity index (χ4n) is 3.67. The van der Waals surface area contributed by atoms with Crippen molar-refractivity contribution in [2.24, 2.45) is 17.0 Å². The van der Waals surface area contributed by atoms with Crippen molar-refractivity contribution in [1.29, 1.82) is 0 Å². The van der Waals surface area contributed by atoms with Crippen LogP contribution in [0.25, 0.3) is 0 Å². The number of aryl methyl sites for hydroxylation is 1. The van der Waals surface area contributed by atoms with Crippen LogP contribution in [0.4, 0.5) is 0 Å². The number of hydrogen-bond acceptors (Lipinski definition) is 4. The first kappa shape index (κ1) is 18.2. The molecule has 0 spiro atoms. The third-order valence-corrected chi connectivity index (χ3v) is 4.82. The lowest BCUT2D eigenvalue weighted by Gasteiger charge is -2.36. The van der Waals surface area contributed by atoms with E-state index in [1.165, 1.54) is 12.0 Å². The number of nitrogens with zero attached hydrogens (tertiary/aromatic N) is 3. The number of rotatable bonds is 4. The molecule has 1 aliphatic rings. The Labute approximate surface area is 155 Å². The van der Waals surface area contributed by atoms with E-state index >= 15 is 0 Å². The van der Waals surface area contributed by atoms with Crippen LogP contribution in [0, 0.1) is 11.8 Å². The lowest BCUT2D eigenvalue weighted by atomic mass is 9.91. The van der Waals surface area contributed by atoms with Crippen molar-refractivity contribution in [3.05, 3.63) is 53.7 Å². The highest BCUT2D eigenvalue weighted by atomic mass is 16.5. The molecule has 138 valence electrons. The van der Waals surface area contributed by atoms with Crippen LogP contribution in [-0.4, -0.2) is 34.0 Å². The third kappa shape index (κ3) is 4.15. The molecule has 0 amide bonds. The van der Waals surface area contributed by atoms with Crippen molar-refractivity contribution in [2.75, 3.05) is 13.1 Å². The predicted octanol–water partition coefficient (Wildman–Crippen LogP) is 4.55. The van der Waals surface area contributed by atoms with E-state index in [4.69, 9.17) is 4.74 Å². The second-order valence-corrected chi connectivity index (χ2v) is 7.23. The molecule has 5 heteroatoms. The molecule has 5 nitrogen and oxygen atoms in total. The largest absolute Gasteiger partial charge is 0.438 e. The van der Waals surface area contributed by atoms with Gasteiger partial charge in [-0.1, -0.05) is 38.1 Å². The molecular formula is C21H27N3O2. The number of piperidine rings is 1. The highest BCUT2D eigenvalue weighted by Gasteiger charge is 2.27. The van der Waals surface area contributed by atoms with Crippen LogP contribution in [-0.2, 0) is 6.42 Å². The van der Waals surface area contributed by atoms with Crippen molar-refractivity contribution >= 4 is 5.84 Å². The molecule has 0 radical (unpaired) electrons. The number of likely N-dealkylation sites (tertiary alicyclic amines) is 1. The quantitative estimate of drug-likeness (QED) is 0.379. The van der Waals surface area contributed by atoms with Crippen LogP contribution in [0.3, 0.4) is 0 Å². The second kappa shape index (κ2) is 8.21. The Balaban J connectivity index is 1.87. The summed E-state index contributed by atoms with van der Waals surface area (Å²) < 4.78 is 6.01. The molecule has 2 heterocycles. The number of amidine groups is 1. The van der Waals surface area contributed by atoms with Gasteiger partial charge in [0, 0.05) is 19.3 Å². The molecule has 2 atom stereocenters. The van der Waals surface area contributed by atoms with Gasteiger partial charge in [-0.05, 0) is 54.5 Å². The summed E-state index contributed by atoms with van der Waals surface area (Å²) in [6.07, 6.45) is 3.87. The van der Waals surface area contributed by atoms with E-state index in [0.29, 0.717) is 29.1 Å². The van der Waals surface area contributed by atoms with E-state index in [0.717, 1.165) is 25.3 Å². The molecule has 1 aromatic heterocycles. The minimum atomic E-state index is 0.454. The average Bonchev–Trinajstić information content (AvgIpc) is 2.63. The van der Waals surface area contributed by atoms with Crippen LogP contribution < -0.4 is 4.74 Å². The maximum atomic E-state index is 9.73. The number of aromatic nitrogens is 1. The van der Waals surface area contributed by atoms with Crippen LogP contribution in [0.15, 0.2) is 47.8 Å². The van der Waals surface area contributed by atoms with E-state index in [9.17, 15) is 5.21 Å². The Kier molecular flexibility index (Phi) is 5.76. The minimum absolute atomic E-state index is 0.454. The van der Waals surface area contributed by atoms with Gasteiger partial charge in [-0.15, -0.1) is 0 Å². The molecule has 2 aromatic rings. The molecule has 1 N–H and O–H groups in total. The van der Waals surface area contributed by atoms with Crippen LogP contribution in [0.2, 0.25) is 0 Å². The number of hydrogen-bond donors (Lipinski definition) is 1. The van der Waals surface area contributed by atoms with Gasteiger partial charge in [-0.2, -0.15) is 0 Å². The summed E-state index contributed by atoms with van der Waals surface area (Å²) in [4.78, 5) is 6.51. The molecule has 0 aliphatic carbocycles. The SMILES string of the molecule is CCc1ccc(Oc2ncccc2/C(=N/O)N2CC(C)CC(C)C2)cc1. The van der Waals surface area contributed by atoms with Gasteiger partial charge in [0.25, 0.3) is 0 Å². The maximum Gasteiger partial charge on any atom is 0.230 e. The van der Waals surface area contributed by atoms with Crippen molar-refractivity contribution in [3.8, 4) is 11.6 Å². The lowest BCUT2D eigenvalue weighted by Crippen LogP contribution is -2.43. The molecule has 1 aliphatic heterocycles. The normalized spacial score (nSPS) is 20.9. The average molecular weight is 353 g/mol. The van der Waals surface area contributed by atoms with Crippen LogP contribution in [0.5, 0.6) is 11.6 Å². The van der Waals surface area contributed by atoms with Gasteiger partial charge in [0.15, 0.2) is 5.84 Å². The zero-order valence-corrected chi connectivity index (χ0v) is 15.7. The van der Waals surface area contributed by atoms with Crippen molar-refractivity contribution in [2.45, 2.75) is 33.6 Å². The van der Waals surface area contributed by atoms with E-state index in [-0.39, 0.29) is 0 Å². The number of benzene rings is 1. The first-order valence-corrected chi connectivity index (χ1v) is 9.29. The van der Waals surface area contributed by atoms with E-state index in [1.807, 2.05) is 36.4 Å². The monoisotopic (exact) mass is 353 g/mol. The Morgan fingerprint density at radius 1 is 1.19 bits per heavy atom. The molecule has 3 rings (SSSR count). The molecule has 0 bridgehead atoms. The van der Waals surface area contributed by atoms with Gasteiger partial charge in [0.2, 0.25) is 5.88 Å². The van der Waals surface area contributed by atoms with E-state index in [1.54, 1.807) is 6.20 Å². The molecule has 26 heavy (non-hydrogen) atoms. The summed E-state index contributed by atoms with van der Waals surface area (Å²) in [5, 5.41) is 13.3. The Hall–Kier alpha value is -2.56. The molecule has 2 unspecified atom stereocenters. The zero-order chi connectivity index (χ0) is 18.5. The first-order chi connectivity index (χ1) is 12.6. The van der Waals surface area contributed by atoms with Crippen LogP contribution >= 0.6 is 0 Å². The summed E-state index contributed by atoms with van der Waals surface area (Å²) in [6, 6.07) is 11.7. The highest BCUT2D eigenvalue weighted by Crippen LogP contribution is 2.28. The minimum Gasteiger partial charge on any atom is -0.438 e. The third-order valence-electron chi connectivity index (χ3n) is 4.82. The highest BCUT2D eigenvalue weighted by molar-refractivity contribution is 6.00. The molecular weight excluding hydrogens is 326 g/mol. The number of oxime groups is 1. The van der Waals surface area contributed by atoms with Crippen LogP contribution in [0.1, 0.15) is 38.3 Å². The summed E-state index contributed by atoms with van der Waals surface area (Å²) in [7, 11) is 0. The molecule has 1 fully saturated rings. The zero-order valence-electron chi connectivity index (χ0n) is 15.7. The van der Waals surface area contributed by atoms with E-state index < -0.39 is 0 Å². The lowest BCUT2D eigenvalue weighted by molar-refractivity contribution is 0.204. The second-order valence-electron chi connectivity index (χ2n) is 7.23. The van der Waals surface area contributed by atoms with Crippen molar-refractivity contribution in [3.63, 3.8) is 0 Å². The van der Waals surface area contributed by atoms with Gasteiger partial charge in [-0.3, -0.25) is 0 Å². The van der Waals surface area contributed by atoms with Gasteiger partial charge in [0.1, 0.15) is 5.75 Å². The van der Waals surface area contributed by atoms with Crippen molar-refractivity contribution < 1.29 is 9.94 Å². The fraction of sp³-hybridized carbons (Fsp3) is 0.429. The Bertz CT molecular complexity index is 748.